The first-order valence-electron chi connectivity index (χ1n) is 7.47. The molecule has 0 bridgehead atoms. The van der Waals surface area contributed by atoms with Crippen molar-refractivity contribution in [1.82, 2.24) is 25.8 Å². The largest absolute Gasteiger partial charge is 0.344 e. The molecule has 0 aromatic carbocycles. The van der Waals surface area contributed by atoms with E-state index >= 15 is 0 Å². The average Bonchev–Trinajstić information content (AvgIpc) is 3.18. The fourth-order valence-corrected chi connectivity index (χ4v) is 3.24. The summed E-state index contributed by atoms with van der Waals surface area (Å²) in [6.07, 6.45) is 0.370. The summed E-state index contributed by atoms with van der Waals surface area (Å²) in [6.45, 7) is 6.28. The molecular formula is C14H18N6O3S. The van der Waals surface area contributed by atoms with Crippen LogP contribution in [0.25, 0.3) is 0 Å². The number of carbonyl (C=O) groups excluding carboxylic acids is 2. The number of nitrogens with zero attached hydrogens (tertiary/aromatic N) is 4. The van der Waals surface area contributed by atoms with E-state index in [9.17, 15) is 9.59 Å². The summed E-state index contributed by atoms with van der Waals surface area (Å²) < 4.78 is 5.25. The molecule has 9 nitrogen and oxygen atoms in total. The van der Waals surface area contributed by atoms with Gasteiger partial charge in [0.05, 0.1) is 17.7 Å². The maximum Gasteiger partial charge on any atom is 0.323 e. The van der Waals surface area contributed by atoms with E-state index in [4.69, 9.17) is 4.52 Å². The SMILES string of the molecule is CC(=O)NC(C)(C)c1noc(Cc2csc(N3CCNC3=O)n2)n1. The van der Waals surface area contributed by atoms with Gasteiger partial charge < -0.3 is 15.2 Å². The van der Waals surface area contributed by atoms with Crippen LogP contribution in [0.15, 0.2) is 9.90 Å². The first-order valence-corrected chi connectivity index (χ1v) is 8.35. The number of thiazole rings is 1. The van der Waals surface area contributed by atoms with Crippen molar-refractivity contribution in [3.8, 4) is 0 Å². The Morgan fingerprint density at radius 1 is 1.50 bits per heavy atom. The Balaban J connectivity index is 1.70. The predicted octanol–water partition coefficient (Wildman–Crippen LogP) is 1.02. The number of aromatic nitrogens is 3. The summed E-state index contributed by atoms with van der Waals surface area (Å²) in [5, 5.41) is 12.0. The molecule has 1 fully saturated rings. The van der Waals surface area contributed by atoms with Crippen LogP contribution in [0.5, 0.6) is 0 Å². The maximum atomic E-state index is 11.7. The maximum absolute atomic E-state index is 11.7. The first-order chi connectivity index (χ1) is 11.3. The number of anilines is 1. The fraction of sp³-hybridized carbons (Fsp3) is 0.500. The molecule has 1 aliphatic heterocycles. The molecule has 0 spiro atoms. The molecule has 0 radical (unpaired) electrons. The van der Waals surface area contributed by atoms with Gasteiger partial charge in [0.15, 0.2) is 11.0 Å². The van der Waals surface area contributed by atoms with Crippen molar-refractivity contribution in [2.24, 2.45) is 0 Å². The molecule has 3 amide bonds. The van der Waals surface area contributed by atoms with Gasteiger partial charge in [-0.05, 0) is 13.8 Å². The van der Waals surface area contributed by atoms with Crippen LogP contribution in [0.2, 0.25) is 0 Å². The van der Waals surface area contributed by atoms with Gasteiger partial charge in [0.1, 0.15) is 0 Å². The lowest BCUT2D eigenvalue weighted by atomic mass is 10.1. The fourth-order valence-electron chi connectivity index (χ4n) is 2.39. The molecule has 0 saturated carbocycles. The van der Waals surface area contributed by atoms with Crippen molar-refractivity contribution < 1.29 is 14.1 Å². The quantitative estimate of drug-likeness (QED) is 0.832. The minimum atomic E-state index is -0.714. The van der Waals surface area contributed by atoms with Crippen molar-refractivity contribution in [2.75, 3.05) is 18.0 Å². The van der Waals surface area contributed by atoms with E-state index in [0.29, 0.717) is 36.4 Å². The van der Waals surface area contributed by atoms with Gasteiger partial charge in [-0.2, -0.15) is 4.98 Å². The highest BCUT2D eigenvalue weighted by molar-refractivity contribution is 7.14. The molecule has 1 aliphatic rings. The molecule has 0 unspecified atom stereocenters. The van der Waals surface area contributed by atoms with E-state index in [-0.39, 0.29) is 11.9 Å². The zero-order valence-corrected chi connectivity index (χ0v) is 14.4. The molecule has 3 rings (SSSR count). The normalized spacial score (nSPS) is 14.8. The number of urea groups is 1. The molecule has 1 saturated heterocycles. The first kappa shape index (κ1) is 16.4. The molecule has 24 heavy (non-hydrogen) atoms. The van der Waals surface area contributed by atoms with Crippen LogP contribution in [0.4, 0.5) is 9.93 Å². The lowest BCUT2D eigenvalue weighted by Gasteiger charge is -2.20. The second-order valence-corrected chi connectivity index (χ2v) is 6.84. The average molecular weight is 350 g/mol. The molecule has 10 heteroatoms. The molecule has 3 heterocycles. The van der Waals surface area contributed by atoms with Crippen LogP contribution in [0.1, 0.15) is 38.2 Å². The van der Waals surface area contributed by atoms with E-state index in [1.165, 1.54) is 18.3 Å². The van der Waals surface area contributed by atoms with Gasteiger partial charge in [-0.3, -0.25) is 9.69 Å². The van der Waals surface area contributed by atoms with E-state index in [1.807, 2.05) is 5.38 Å². The molecule has 2 aromatic rings. The van der Waals surface area contributed by atoms with Gasteiger partial charge in [0.2, 0.25) is 11.8 Å². The molecule has 2 aromatic heterocycles. The van der Waals surface area contributed by atoms with Crippen LogP contribution in [-0.4, -0.2) is 40.2 Å². The van der Waals surface area contributed by atoms with Crippen LogP contribution in [-0.2, 0) is 16.8 Å². The number of hydrogen-bond acceptors (Lipinski definition) is 7. The van der Waals surface area contributed by atoms with Crippen LogP contribution >= 0.6 is 11.3 Å². The summed E-state index contributed by atoms with van der Waals surface area (Å²) in [4.78, 5) is 33.3. The van der Waals surface area contributed by atoms with E-state index in [0.717, 1.165) is 5.69 Å². The Morgan fingerprint density at radius 2 is 2.29 bits per heavy atom. The lowest BCUT2D eigenvalue weighted by molar-refractivity contribution is -0.120. The summed E-state index contributed by atoms with van der Waals surface area (Å²) in [7, 11) is 0. The van der Waals surface area contributed by atoms with Gasteiger partial charge in [0.25, 0.3) is 0 Å². The Kier molecular flexibility index (Phi) is 4.22. The van der Waals surface area contributed by atoms with E-state index < -0.39 is 5.54 Å². The highest BCUT2D eigenvalue weighted by Gasteiger charge is 2.28. The summed E-state index contributed by atoms with van der Waals surface area (Å²) in [5.74, 6) is 0.646. The monoisotopic (exact) mass is 350 g/mol. The Hall–Kier alpha value is -2.49. The Labute approximate surface area is 142 Å². The Morgan fingerprint density at radius 3 is 2.96 bits per heavy atom. The topological polar surface area (TPSA) is 113 Å². The van der Waals surface area contributed by atoms with Gasteiger partial charge in [-0.1, -0.05) is 5.16 Å². The third kappa shape index (κ3) is 3.37. The highest BCUT2D eigenvalue weighted by atomic mass is 32.1. The smallest absolute Gasteiger partial charge is 0.323 e. The minimum absolute atomic E-state index is 0.131. The lowest BCUT2D eigenvalue weighted by Crippen LogP contribution is -2.40. The van der Waals surface area contributed by atoms with Gasteiger partial charge in [-0.25, -0.2) is 9.78 Å². The summed E-state index contributed by atoms with van der Waals surface area (Å²) in [5.41, 5.74) is 0.0382. The zero-order chi connectivity index (χ0) is 17.3. The number of amides is 3. The van der Waals surface area contributed by atoms with Crippen molar-refractivity contribution >= 4 is 28.4 Å². The van der Waals surface area contributed by atoms with Crippen LogP contribution in [0.3, 0.4) is 0 Å². The number of rotatable bonds is 5. The highest BCUT2D eigenvalue weighted by Crippen LogP contribution is 2.24. The second-order valence-electron chi connectivity index (χ2n) is 6.00. The van der Waals surface area contributed by atoms with E-state index in [2.05, 4.69) is 25.8 Å². The Bertz CT molecular complexity index is 768. The standard InChI is InChI=1S/C14H18N6O3S/c1-8(21)18-14(2,3)11-17-10(23-19-11)6-9-7-24-13(16-9)20-5-4-15-12(20)22/h7H,4-6H2,1-3H3,(H,15,22)(H,18,21). The molecule has 2 N–H and O–H groups in total. The zero-order valence-electron chi connectivity index (χ0n) is 13.6. The molecule has 0 aliphatic carbocycles. The van der Waals surface area contributed by atoms with Crippen molar-refractivity contribution in [2.45, 2.75) is 32.7 Å². The third-order valence-corrected chi connectivity index (χ3v) is 4.39. The third-order valence-electron chi connectivity index (χ3n) is 3.48. The second kappa shape index (κ2) is 6.19. The van der Waals surface area contributed by atoms with E-state index in [1.54, 1.807) is 18.7 Å². The van der Waals surface area contributed by atoms with Crippen LogP contribution in [0, 0.1) is 0 Å². The van der Waals surface area contributed by atoms with Crippen molar-refractivity contribution in [1.29, 1.82) is 0 Å². The molecule has 0 atom stereocenters. The molecule has 128 valence electrons. The number of hydrogen-bond donors (Lipinski definition) is 2. The molecular weight excluding hydrogens is 332 g/mol. The minimum Gasteiger partial charge on any atom is -0.344 e. The van der Waals surface area contributed by atoms with Gasteiger partial charge in [0, 0.05) is 25.4 Å². The number of carbonyl (C=O) groups is 2. The summed E-state index contributed by atoms with van der Waals surface area (Å²) >= 11 is 1.40. The predicted molar refractivity (Wildman–Crippen MR) is 86.8 cm³/mol. The number of nitrogens with one attached hydrogen (secondary N) is 2. The van der Waals surface area contributed by atoms with Crippen molar-refractivity contribution in [3.05, 3.63) is 22.8 Å². The summed E-state index contributed by atoms with van der Waals surface area (Å²) in [6, 6.07) is -0.131. The van der Waals surface area contributed by atoms with Crippen molar-refractivity contribution in [3.63, 3.8) is 0 Å². The van der Waals surface area contributed by atoms with Gasteiger partial charge >= 0.3 is 6.03 Å². The van der Waals surface area contributed by atoms with Gasteiger partial charge in [-0.15, -0.1) is 11.3 Å². The van der Waals surface area contributed by atoms with Crippen LogP contribution < -0.4 is 15.5 Å².